The van der Waals surface area contributed by atoms with E-state index in [9.17, 15) is 19.8 Å². The molecule has 0 fully saturated rings. The van der Waals surface area contributed by atoms with Gasteiger partial charge in [0.05, 0.1) is 18.6 Å². The zero-order chi connectivity index (χ0) is 25.8. The van der Waals surface area contributed by atoms with Gasteiger partial charge in [-0.1, -0.05) is 60.8 Å². The van der Waals surface area contributed by atoms with Crippen molar-refractivity contribution in [3.63, 3.8) is 0 Å². The fourth-order valence-corrected chi connectivity index (χ4v) is 5.32. The van der Waals surface area contributed by atoms with Crippen LogP contribution >= 0.6 is 23.2 Å². The third-order valence-corrected chi connectivity index (χ3v) is 7.24. The van der Waals surface area contributed by atoms with Crippen LogP contribution in [0.25, 0.3) is 0 Å². The smallest absolute Gasteiger partial charge is 0.247 e. The quantitative estimate of drug-likeness (QED) is 0.455. The van der Waals surface area contributed by atoms with Crippen molar-refractivity contribution in [1.82, 2.24) is 10.2 Å². The van der Waals surface area contributed by atoms with E-state index in [1.54, 1.807) is 35.2 Å². The number of carbonyl (C=O) groups is 2. The van der Waals surface area contributed by atoms with E-state index < -0.39 is 24.2 Å². The molecule has 7 nitrogen and oxygen atoms in total. The van der Waals surface area contributed by atoms with Gasteiger partial charge < -0.3 is 25.2 Å². The Morgan fingerprint density at radius 3 is 2.67 bits per heavy atom. The van der Waals surface area contributed by atoms with E-state index in [2.05, 4.69) is 5.32 Å². The Balaban J connectivity index is 1.76. The van der Waals surface area contributed by atoms with Gasteiger partial charge in [-0.05, 0) is 36.3 Å². The summed E-state index contributed by atoms with van der Waals surface area (Å²) in [6, 6.07) is 11.6. The highest BCUT2D eigenvalue weighted by molar-refractivity contribution is 6.35. The van der Waals surface area contributed by atoms with E-state index in [1.807, 2.05) is 25.1 Å². The van der Waals surface area contributed by atoms with Gasteiger partial charge >= 0.3 is 0 Å². The molecule has 1 heterocycles. The normalized spacial score (nSPS) is 22.2. The molecule has 192 valence electrons. The number of rotatable bonds is 9. The van der Waals surface area contributed by atoms with Gasteiger partial charge in [0.1, 0.15) is 18.0 Å². The zero-order valence-electron chi connectivity index (χ0n) is 20.0. The predicted octanol–water partition coefficient (Wildman–Crippen LogP) is 3.84. The van der Waals surface area contributed by atoms with Crippen LogP contribution < -0.4 is 10.1 Å². The average Bonchev–Trinajstić information content (AvgIpc) is 3.26. The molecule has 3 N–H and O–H groups in total. The third kappa shape index (κ3) is 5.39. The van der Waals surface area contributed by atoms with E-state index >= 15 is 0 Å². The number of ether oxygens (including phenoxy) is 1. The number of aliphatic hydroxyl groups excluding tert-OH is 2. The topological polar surface area (TPSA) is 99.1 Å². The number of amides is 2. The average molecular weight is 533 g/mol. The standard InChI is InChI=1S/C27H30Cl2N2O5/c1-2-3-8-23(33)31(15-16-9-10-17(28)13-20(16)29)21-14-19(27(35)30-11-12-32)24-18-6-4-5-7-22(18)36-26(24)25(21)34/h4-7,9-10,13-14,21,24-26,32,34H,2-3,8,11-12,15H2,1H3,(H,30,35). The summed E-state index contributed by atoms with van der Waals surface area (Å²) in [6.45, 7) is 2.01. The van der Waals surface area contributed by atoms with E-state index in [4.69, 9.17) is 27.9 Å². The van der Waals surface area contributed by atoms with E-state index in [1.165, 1.54) is 0 Å². The number of nitrogens with zero attached hydrogens (tertiary/aromatic N) is 1. The maximum atomic E-state index is 13.4. The monoisotopic (exact) mass is 532 g/mol. The maximum Gasteiger partial charge on any atom is 0.247 e. The van der Waals surface area contributed by atoms with Crippen LogP contribution in [0.1, 0.15) is 43.2 Å². The Kier molecular flexibility index (Phi) is 8.57. The first-order chi connectivity index (χ1) is 17.3. The summed E-state index contributed by atoms with van der Waals surface area (Å²) in [7, 11) is 0. The van der Waals surface area contributed by atoms with Crippen LogP contribution in [0.3, 0.4) is 0 Å². The minimum absolute atomic E-state index is 0.0861. The number of hydrogen-bond acceptors (Lipinski definition) is 5. The van der Waals surface area contributed by atoms with Crippen molar-refractivity contribution in [2.45, 2.75) is 56.9 Å². The summed E-state index contributed by atoms with van der Waals surface area (Å²) in [6.07, 6.45) is 1.64. The molecule has 4 unspecified atom stereocenters. The van der Waals surface area contributed by atoms with Crippen molar-refractivity contribution < 1.29 is 24.5 Å². The Morgan fingerprint density at radius 2 is 1.94 bits per heavy atom. The molecule has 0 aromatic heterocycles. The van der Waals surface area contributed by atoms with Crippen molar-refractivity contribution in [1.29, 1.82) is 0 Å². The third-order valence-electron chi connectivity index (χ3n) is 6.66. The Labute approximate surface area is 220 Å². The van der Waals surface area contributed by atoms with Crippen LogP contribution in [0, 0.1) is 0 Å². The summed E-state index contributed by atoms with van der Waals surface area (Å²) in [5, 5.41) is 24.4. The Bertz CT molecular complexity index is 1150. The van der Waals surface area contributed by atoms with Crippen LogP contribution in [0.2, 0.25) is 10.0 Å². The van der Waals surface area contributed by atoms with E-state index in [-0.39, 0.29) is 31.5 Å². The first kappa shape index (κ1) is 26.5. The molecule has 2 aliphatic rings. The van der Waals surface area contributed by atoms with E-state index in [0.717, 1.165) is 12.0 Å². The number of fused-ring (bicyclic) bond motifs is 3. The van der Waals surface area contributed by atoms with Crippen molar-refractivity contribution in [2.24, 2.45) is 0 Å². The largest absolute Gasteiger partial charge is 0.486 e. The predicted molar refractivity (Wildman–Crippen MR) is 138 cm³/mol. The summed E-state index contributed by atoms with van der Waals surface area (Å²) >= 11 is 12.5. The van der Waals surface area contributed by atoms with Crippen molar-refractivity contribution in [2.75, 3.05) is 13.2 Å². The molecule has 0 saturated carbocycles. The molecule has 1 aliphatic carbocycles. The Hall–Kier alpha value is -2.58. The van der Waals surface area contributed by atoms with Crippen molar-refractivity contribution in [3.05, 3.63) is 75.3 Å². The lowest BCUT2D eigenvalue weighted by molar-refractivity contribution is -0.138. The number of aliphatic hydroxyl groups is 2. The second-order valence-corrected chi connectivity index (χ2v) is 9.89. The van der Waals surface area contributed by atoms with Crippen molar-refractivity contribution in [3.8, 4) is 5.75 Å². The highest BCUT2D eigenvalue weighted by Gasteiger charge is 2.50. The van der Waals surface area contributed by atoms with Crippen molar-refractivity contribution >= 4 is 35.0 Å². The molecule has 36 heavy (non-hydrogen) atoms. The fraction of sp³-hybridized carbons (Fsp3) is 0.407. The number of unbranched alkanes of at least 4 members (excludes halogenated alkanes) is 1. The summed E-state index contributed by atoms with van der Waals surface area (Å²) in [5.41, 5.74) is 1.87. The first-order valence-electron chi connectivity index (χ1n) is 12.1. The summed E-state index contributed by atoms with van der Waals surface area (Å²) in [4.78, 5) is 28.2. The number of benzene rings is 2. The number of nitrogens with one attached hydrogen (secondary N) is 1. The molecule has 2 aromatic carbocycles. The van der Waals surface area contributed by atoms with Gasteiger partial charge in [-0.2, -0.15) is 0 Å². The minimum Gasteiger partial charge on any atom is -0.486 e. The molecular formula is C27H30Cl2N2O5. The first-order valence-corrected chi connectivity index (χ1v) is 12.9. The molecule has 1 aliphatic heterocycles. The second-order valence-electron chi connectivity index (χ2n) is 9.04. The molecule has 0 radical (unpaired) electrons. The van der Waals surface area contributed by atoms with Gasteiger partial charge in [0.25, 0.3) is 0 Å². The van der Waals surface area contributed by atoms with Crippen LogP contribution in [0.15, 0.2) is 54.1 Å². The molecule has 0 bridgehead atoms. The van der Waals surface area contributed by atoms with Crippen LogP contribution in [0.5, 0.6) is 5.75 Å². The van der Waals surface area contributed by atoms with Gasteiger partial charge in [0.2, 0.25) is 11.8 Å². The molecule has 4 atom stereocenters. The minimum atomic E-state index is -1.09. The maximum absolute atomic E-state index is 13.4. The summed E-state index contributed by atoms with van der Waals surface area (Å²) in [5.74, 6) is -0.440. The number of para-hydroxylation sites is 1. The van der Waals surface area contributed by atoms with Gasteiger partial charge in [0, 0.05) is 40.7 Å². The lowest BCUT2D eigenvalue weighted by Gasteiger charge is -2.41. The number of halogens is 2. The van der Waals surface area contributed by atoms with Gasteiger partial charge in [0.15, 0.2) is 0 Å². The highest BCUT2D eigenvalue weighted by Crippen LogP contribution is 2.47. The fourth-order valence-electron chi connectivity index (χ4n) is 4.86. The van der Waals surface area contributed by atoms with Crippen LogP contribution in [-0.4, -0.2) is 58.3 Å². The molecular weight excluding hydrogens is 503 g/mol. The Morgan fingerprint density at radius 1 is 1.17 bits per heavy atom. The van der Waals surface area contributed by atoms with Gasteiger partial charge in [-0.15, -0.1) is 0 Å². The van der Waals surface area contributed by atoms with Gasteiger partial charge in [-0.3, -0.25) is 9.59 Å². The van der Waals surface area contributed by atoms with E-state index in [0.29, 0.717) is 39.8 Å². The second kappa shape index (κ2) is 11.6. The molecule has 0 spiro atoms. The summed E-state index contributed by atoms with van der Waals surface area (Å²) < 4.78 is 6.14. The molecule has 4 rings (SSSR count). The van der Waals surface area contributed by atoms with Gasteiger partial charge in [-0.25, -0.2) is 0 Å². The molecule has 2 amide bonds. The molecule has 0 saturated heterocycles. The lowest BCUT2D eigenvalue weighted by Crippen LogP contribution is -2.55. The molecule has 2 aromatic rings. The number of carbonyl (C=O) groups excluding carboxylic acids is 2. The SMILES string of the molecule is CCCCC(=O)N(Cc1ccc(Cl)cc1Cl)C1C=C(C(=O)NCCO)C2c3ccccc3OC2C1O. The highest BCUT2D eigenvalue weighted by atomic mass is 35.5. The number of hydrogen-bond donors (Lipinski definition) is 3. The zero-order valence-corrected chi connectivity index (χ0v) is 21.5. The lowest BCUT2D eigenvalue weighted by atomic mass is 9.77. The van der Waals surface area contributed by atoms with Crippen LogP contribution in [0.4, 0.5) is 0 Å². The molecule has 9 heteroatoms. The van der Waals surface area contributed by atoms with Crippen LogP contribution in [-0.2, 0) is 16.1 Å².